The summed E-state index contributed by atoms with van der Waals surface area (Å²) in [7, 11) is 0. The summed E-state index contributed by atoms with van der Waals surface area (Å²) in [6.07, 6.45) is 5.44. The van der Waals surface area contributed by atoms with E-state index in [9.17, 15) is 28.2 Å². The number of nitrogens with zero attached hydrogens (tertiary/aromatic N) is 3. The van der Waals surface area contributed by atoms with Gasteiger partial charge in [0.15, 0.2) is 0 Å². The van der Waals surface area contributed by atoms with Crippen LogP contribution in [0.25, 0.3) is 16.5 Å². The molecule has 2 fully saturated rings. The third-order valence-corrected chi connectivity index (χ3v) is 8.60. The van der Waals surface area contributed by atoms with E-state index in [2.05, 4.69) is 26.3 Å². The van der Waals surface area contributed by atoms with Gasteiger partial charge in [-0.05, 0) is 78.8 Å². The number of rotatable bonds is 7. The number of allylic oxidation sites excluding steroid dienone is 1. The molecule has 2 aliphatic rings. The lowest BCUT2D eigenvalue weighted by Crippen LogP contribution is -2.44. The highest BCUT2D eigenvalue weighted by atomic mass is 32.1. The molecule has 7 nitrogen and oxygen atoms in total. The monoisotopic (exact) mass is 558 g/mol. The average molecular weight is 559 g/mol. The van der Waals surface area contributed by atoms with Gasteiger partial charge in [0.1, 0.15) is 16.3 Å². The van der Waals surface area contributed by atoms with Crippen molar-refractivity contribution in [3.05, 3.63) is 59.0 Å². The number of benzene rings is 1. The minimum atomic E-state index is -4.59. The molecule has 3 N–H and O–H groups in total. The first-order valence-corrected chi connectivity index (χ1v) is 13.6. The first-order chi connectivity index (χ1) is 18.3. The highest BCUT2D eigenvalue weighted by Gasteiger charge is 2.49. The van der Waals surface area contributed by atoms with Crippen molar-refractivity contribution in [2.45, 2.75) is 57.7 Å². The van der Waals surface area contributed by atoms with Gasteiger partial charge in [0, 0.05) is 18.1 Å². The average Bonchev–Trinajstić information content (AvgIpc) is 3.53. The maximum absolute atomic E-state index is 13.2. The lowest BCUT2D eigenvalue weighted by atomic mass is 9.63. The number of anilines is 2. The van der Waals surface area contributed by atoms with Gasteiger partial charge in [-0.15, -0.1) is 11.3 Å². The third-order valence-electron chi connectivity index (χ3n) is 7.36. The van der Waals surface area contributed by atoms with Gasteiger partial charge in [0.25, 0.3) is 0 Å². The van der Waals surface area contributed by atoms with Gasteiger partial charge in [0.2, 0.25) is 5.95 Å². The topological polar surface area (TPSA) is 108 Å². The third kappa shape index (κ3) is 6.14. The number of nitrogens with one attached hydrogen (secondary N) is 1. The Bertz CT molecular complexity index is 1420. The second kappa shape index (κ2) is 10.0. The molecule has 0 aliphatic heterocycles. The Hall–Kier alpha value is -3.31. The molecule has 2 aromatic heterocycles. The van der Waals surface area contributed by atoms with Crippen LogP contribution in [-0.4, -0.2) is 31.1 Å². The molecule has 2 aliphatic carbocycles. The van der Waals surface area contributed by atoms with Crippen LogP contribution in [0.1, 0.15) is 62.2 Å². The van der Waals surface area contributed by atoms with Gasteiger partial charge in [-0.3, -0.25) is 4.79 Å². The van der Waals surface area contributed by atoms with Gasteiger partial charge >= 0.3 is 12.1 Å². The number of carboxylic acids is 1. The number of hydrogen-bond donors (Lipinski definition) is 3. The SMILES string of the molecule is CC1(C)C[C@](O)(c2ncc(-c3cc(C=CC4CC4)cc(Nc4nccc(C(F)(F)F)n4)c3)s2)CC[C@H]1C(=O)O. The van der Waals surface area contributed by atoms with Crippen LogP contribution in [0.3, 0.4) is 0 Å². The number of carboxylic acid groups (broad SMARTS) is 1. The molecule has 1 aromatic carbocycles. The second-order valence-electron chi connectivity index (χ2n) is 11.1. The number of aliphatic carboxylic acids is 1. The van der Waals surface area contributed by atoms with E-state index in [0.717, 1.165) is 41.1 Å². The Kier molecular flexibility index (Phi) is 7.00. The Labute approximate surface area is 227 Å². The second-order valence-corrected chi connectivity index (χ2v) is 12.1. The van der Waals surface area contributed by atoms with E-state index in [0.29, 0.717) is 29.5 Å². The zero-order valence-electron chi connectivity index (χ0n) is 21.5. The molecule has 5 rings (SSSR count). The van der Waals surface area contributed by atoms with E-state index in [-0.39, 0.29) is 12.4 Å². The molecule has 0 bridgehead atoms. The van der Waals surface area contributed by atoms with Crippen LogP contribution in [0.15, 0.2) is 42.7 Å². The van der Waals surface area contributed by atoms with E-state index in [1.165, 1.54) is 11.3 Å². The molecule has 0 spiro atoms. The Morgan fingerprint density at radius 1 is 1.18 bits per heavy atom. The molecule has 0 saturated heterocycles. The standard InChI is InChI=1S/C28H29F3N4O3S/c1-26(2)15-27(38,9-7-20(26)23(36)37)24-33-14-21(39-24)18-11-17(6-5-16-3-4-16)12-19(13-18)34-25-32-10-8-22(35-25)28(29,30)31/h5-6,8,10-14,16,20,38H,3-4,7,9,15H2,1-2H3,(H,36,37)(H,32,34,35)/t20-,27-/m0/s1. The highest BCUT2D eigenvalue weighted by molar-refractivity contribution is 7.15. The zero-order valence-corrected chi connectivity index (χ0v) is 22.3. The Balaban J connectivity index is 1.45. The summed E-state index contributed by atoms with van der Waals surface area (Å²) in [6.45, 7) is 3.71. The van der Waals surface area contributed by atoms with Gasteiger partial charge in [0.05, 0.1) is 10.8 Å². The van der Waals surface area contributed by atoms with Crippen LogP contribution < -0.4 is 5.32 Å². The van der Waals surface area contributed by atoms with Crippen molar-refractivity contribution in [3.63, 3.8) is 0 Å². The zero-order chi connectivity index (χ0) is 28.0. The number of aromatic nitrogens is 3. The van der Waals surface area contributed by atoms with Crippen LogP contribution in [0.5, 0.6) is 0 Å². The Morgan fingerprint density at radius 3 is 2.62 bits per heavy atom. The van der Waals surface area contributed by atoms with E-state index in [1.54, 1.807) is 12.3 Å². The maximum atomic E-state index is 13.2. The molecule has 11 heteroatoms. The van der Waals surface area contributed by atoms with Crippen LogP contribution >= 0.6 is 11.3 Å². The molecule has 206 valence electrons. The van der Waals surface area contributed by atoms with Crippen molar-refractivity contribution >= 4 is 35.0 Å². The fourth-order valence-corrected chi connectivity index (χ4v) is 6.23. The molecule has 0 unspecified atom stereocenters. The van der Waals surface area contributed by atoms with Crippen molar-refractivity contribution in [2.24, 2.45) is 17.3 Å². The minimum Gasteiger partial charge on any atom is -0.481 e. The summed E-state index contributed by atoms with van der Waals surface area (Å²) < 4.78 is 39.5. The number of aliphatic hydroxyl groups is 1. The van der Waals surface area contributed by atoms with Gasteiger partial charge in [-0.2, -0.15) is 13.2 Å². The molecule has 2 heterocycles. The summed E-state index contributed by atoms with van der Waals surface area (Å²) in [4.78, 5) is 24.5. The largest absolute Gasteiger partial charge is 0.481 e. The predicted molar refractivity (Wildman–Crippen MR) is 142 cm³/mol. The maximum Gasteiger partial charge on any atom is 0.433 e. The number of hydrogen-bond acceptors (Lipinski definition) is 7. The first-order valence-electron chi connectivity index (χ1n) is 12.7. The molecular formula is C28H29F3N4O3S. The highest BCUT2D eigenvalue weighted by Crippen LogP contribution is 2.51. The van der Waals surface area contributed by atoms with Crippen molar-refractivity contribution in [1.29, 1.82) is 0 Å². The van der Waals surface area contributed by atoms with Crippen LogP contribution in [0, 0.1) is 17.3 Å². The van der Waals surface area contributed by atoms with E-state index >= 15 is 0 Å². The smallest absolute Gasteiger partial charge is 0.433 e. The summed E-state index contributed by atoms with van der Waals surface area (Å²) in [5, 5.41) is 24.5. The molecule has 0 radical (unpaired) electrons. The van der Waals surface area contributed by atoms with Crippen molar-refractivity contribution < 1.29 is 28.2 Å². The van der Waals surface area contributed by atoms with E-state index in [4.69, 9.17) is 0 Å². The molecule has 2 atom stereocenters. The molecule has 39 heavy (non-hydrogen) atoms. The fraction of sp³-hybridized carbons (Fsp3) is 0.429. The summed E-state index contributed by atoms with van der Waals surface area (Å²) in [5.41, 5.74) is -0.751. The van der Waals surface area contributed by atoms with Crippen molar-refractivity contribution in [3.8, 4) is 10.4 Å². The predicted octanol–water partition coefficient (Wildman–Crippen LogP) is 6.88. The number of halogens is 3. The summed E-state index contributed by atoms with van der Waals surface area (Å²) in [6, 6.07) is 6.38. The van der Waals surface area contributed by atoms with Gasteiger partial charge in [-0.25, -0.2) is 15.0 Å². The van der Waals surface area contributed by atoms with Crippen molar-refractivity contribution in [2.75, 3.05) is 5.32 Å². The van der Waals surface area contributed by atoms with Crippen LogP contribution in [0.2, 0.25) is 0 Å². The molecule has 2 saturated carbocycles. The number of thiazole rings is 1. The summed E-state index contributed by atoms with van der Waals surface area (Å²) >= 11 is 1.33. The fourth-order valence-electron chi connectivity index (χ4n) is 5.21. The molecule has 3 aromatic rings. The van der Waals surface area contributed by atoms with Crippen LogP contribution in [-0.2, 0) is 16.6 Å². The Morgan fingerprint density at radius 2 is 1.95 bits per heavy atom. The minimum absolute atomic E-state index is 0.171. The quantitative estimate of drug-likeness (QED) is 0.290. The number of carbonyl (C=O) groups is 1. The molecule has 0 amide bonds. The van der Waals surface area contributed by atoms with Crippen LogP contribution in [0.4, 0.5) is 24.8 Å². The normalized spacial score (nSPS) is 23.2. The molecular weight excluding hydrogens is 529 g/mol. The van der Waals surface area contributed by atoms with Gasteiger partial charge < -0.3 is 15.5 Å². The lowest BCUT2D eigenvalue weighted by Gasteiger charge is -2.44. The summed E-state index contributed by atoms with van der Waals surface area (Å²) in [5.74, 6) is -1.04. The van der Waals surface area contributed by atoms with Crippen molar-refractivity contribution in [1.82, 2.24) is 15.0 Å². The first kappa shape index (κ1) is 27.3. The number of alkyl halides is 3. The van der Waals surface area contributed by atoms with E-state index in [1.807, 2.05) is 32.1 Å². The lowest BCUT2D eigenvalue weighted by molar-refractivity contribution is -0.154. The van der Waals surface area contributed by atoms with E-state index < -0.39 is 34.8 Å². The van der Waals surface area contributed by atoms with Gasteiger partial charge in [-0.1, -0.05) is 26.0 Å².